The van der Waals surface area contributed by atoms with E-state index in [-0.39, 0.29) is 6.10 Å². The van der Waals surface area contributed by atoms with Crippen molar-refractivity contribution in [3.8, 4) is 40.1 Å². The third kappa shape index (κ3) is 5.38. The van der Waals surface area contributed by atoms with Crippen molar-refractivity contribution in [2.75, 3.05) is 39.5 Å². The van der Waals surface area contributed by atoms with Crippen LogP contribution < -0.4 is 9.47 Å². The van der Waals surface area contributed by atoms with Gasteiger partial charge in [-0.2, -0.15) is 5.26 Å². The zero-order chi connectivity index (χ0) is 25.7. The number of nitriles is 1. The highest BCUT2D eigenvalue weighted by molar-refractivity contribution is 5.96. The van der Waals surface area contributed by atoms with Gasteiger partial charge in [-0.3, -0.25) is 9.88 Å². The minimum absolute atomic E-state index is 0.0809. The fourth-order valence-electron chi connectivity index (χ4n) is 5.31. The minimum Gasteiger partial charge on any atom is -0.492 e. The van der Waals surface area contributed by atoms with E-state index in [1.54, 1.807) is 6.20 Å². The van der Waals surface area contributed by atoms with Crippen LogP contribution in [0.2, 0.25) is 0 Å². The van der Waals surface area contributed by atoms with Crippen LogP contribution in [0, 0.1) is 11.3 Å². The van der Waals surface area contributed by atoms with Crippen molar-refractivity contribution < 1.29 is 14.2 Å². The minimum atomic E-state index is 0.0809. The molecule has 0 saturated carbocycles. The molecule has 0 aliphatic carbocycles. The van der Waals surface area contributed by atoms with Crippen LogP contribution in [0.1, 0.15) is 31.2 Å². The molecule has 0 unspecified atom stereocenters. The molecule has 0 amide bonds. The van der Waals surface area contributed by atoms with Gasteiger partial charge in [0.25, 0.3) is 0 Å². The number of fused-ring (bicyclic) bond motifs is 1. The average Bonchev–Trinajstić information content (AvgIpc) is 3.64. The van der Waals surface area contributed by atoms with Crippen molar-refractivity contribution in [2.24, 2.45) is 0 Å². The number of likely N-dealkylation sites (tertiary alicyclic amines) is 1. The number of nitrogens with one attached hydrogen (secondary N) is 1. The van der Waals surface area contributed by atoms with Crippen LogP contribution in [0.4, 0.5) is 0 Å². The molecule has 4 aromatic rings. The predicted octanol–water partition coefficient (Wildman–Crippen LogP) is 5.80. The van der Waals surface area contributed by atoms with Gasteiger partial charge in [0.1, 0.15) is 30.3 Å². The Hall–Kier alpha value is -3.86. The van der Waals surface area contributed by atoms with Crippen LogP contribution in [0.3, 0.4) is 0 Å². The summed E-state index contributed by atoms with van der Waals surface area (Å²) in [5, 5.41) is 10.8. The maximum absolute atomic E-state index is 9.82. The van der Waals surface area contributed by atoms with E-state index in [2.05, 4.69) is 39.1 Å². The summed E-state index contributed by atoms with van der Waals surface area (Å²) in [6, 6.07) is 20.4. The number of pyridine rings is 1. The number of hydrogen-bond acceptors (Lipinski definition) is 6. The molecule has 2 fully saturated rings. The number of benzene rings is 2. The molecule has 0 spiro atoms. The van der Waals surface area contributed by atoms with Crippen molar-refractivity contribution in [1.29, 1.82) is 5.26 Å². The molecule has 38 heavy (non-hydrogen) atoms. The molecule has 2 saturated heterocycles. The lowest BCUT2D eigenvalue weighted by Gasteiger charge is -2.23. The van der Waals surface area contributed by atoms with E-state index in [4.69, 9.17) is 14.2 Å². The first kappa shape index (κ1) is 24.5. The Morgan fingerprint density at radius 3 is 2.58 bits per heavy atom. The summed E-state index contributed by atoms with van der Waals surface area (Å²) in [5.74, 6) is 1.51. The molecule has 0 radical (unpaired) electrons. The molecule has 6 rings (SSSR count). The first-order valence-corrected chi connectivity index (χ1v) is 13.5. The Kier molecular flexibility index (Phi) is 7.25. The highest BCUT2D eigenvalue weighted by atomic mass is 16.5. The standard InChI is InChI=1S/C31H32N4O3/c32-21-24-19-23(5-8-30(24)38-26-10-16-36-17-11-26)31-27-20-29(34-28(27)9-12-33-31)22-3-6-25(7-4-22)37-18-15-35-13-1-2-14-35/h3-9,12,19-20,26,34H,1-2,10-11,13-18H2. The van der Waals surface area contributed by atoms with Crippen molar-refractivity contribution in [1.82, 2.24) is 14.9 Å². The molecule has 7 nitrogen and oxygen atoms in total. The van der Waals surface area contributed by atoms with E-state index in [9.17, 15) is 5.26 Å². The number of aromatic amines is 1. The number of ether oxygens (including phenoxy) is 3. The number of nitrogens with zero attached hydrogens (tertiary/aromatic N) is 3. The highest BCUT2D eigenvalue weighted by Crippen LogP contribution is 2.34. The Morgan fingerprint density at radius 2 is 1.79 bits per heavy atom. The molecule has 4 heterocycles. The molecule has 0 bridgehead atoms. The van der Waals surface area contributed by atoms with Crippen LogP contribution in [-0.4, -0.2) is 60.4 Å². The molecule has 0 atom stereocenters. The van der Waals surface area contributed by atoms with Gasteiger partial charge >= 0.3 is 0 Å². The number of rotatable bonds is 8. The van der Waals surface area contributed by atoms with Crippen molar-refractivity contribution in [3.63, 3.8) is 0 Å². The van der Waals surface area contributed by atoms with Gasteiger partial charge in [0, 0.05) is 47.7 Å². The molecular weight excluding hydrogens is 476 g/mol. The Labute approximate surface area is 223 Å². The fourth-order valence-corrected chi connectivity index (χ4v) is 5.31. The van der Waals surface area contributed by atoms with Gasteiger partial charge in [-0.05, 0) is 86.1 Å². The fraction of sp³-hybridized carbons (Fsp3) is 0.355. The lowest BCUT2D eigenvalue weighted by Crippen LogP contribution is -2.26. The van der Waals surface area contributed by atoms with Crippen LogP contribution >= 0.6 is 0 Å². The van der Waals surface area contributed by atoms with Crippen LogP contribution in [-0.2, 0) is 4.74 Å². The topological polar surface area (TPSA) is 83.4 Å². The van der Waals surface area contributed by atoms with Gasteiger partial charge in [-0.1, -0.05) is 0 Å². The van der Waals surface area contributed by atoms with Crippen molar-refractivity contribution in [3.05, 3.63) is 66.4 Å². The molecule has 2 aliphatic rings. The van der Waals surface area contributed by atoms with Crippen LogP contribution in [0.5, 0.6) is 11.5 Å². The summed E-state index contributed by atoms with van der Waals surface area (Å²) in [4.78, 5) is 10.7. The summed E-state index contributed by atoms with van der Waals surface area (Å²) < 4.78 is 17.5. The first-order valence-electron chi connectivity index (χ1n) is 13.5. The molecule has 2 aromatic carbocycles. The molecular formula is C31H32N4O3. The second-order valence-corrected chi connectivity index (χ2v) is 9.98. The Morgan fingerprint density at radius 1 is 1.00 bits per heavy atom. The van der Waals surface area contributed by atoms with E-state index in [0.29, 0.717) is 31.1 Å². The van der Waals surface area contributed by atoms with Crippen molar-refractivity contribution in [2.45, 2.75) is 31.8 Å². The largest absolute Gasteiger partial charge is 0.492 e. The Bertz CT molecular complexity index is 1430. The monoisotopic (exact) mass is 508 g/mol. The third-order valence-electron chi connectivity index (χ3n) is 7.42. The lowest BCUT2D eigenvalue weighted by atomic mass is 10.0. The molecule has 1 N–H and O–H groups in total. The summed E-state index contributed by atoms with van der Waals surface area (Å²) in [6.45, 7) is 5.46. The molecule has 194 valence electrons. The maximum atomic E-state index is 9.82. The number of hydrogen-bond donors (Lipinski definition) is 1. The maximum Gasteiger partial charge on any atom is 0.137 e. The molecule has 7 heteroatoms. The van der Waals surface area contributed by atoms with Gasteiger partial charge in [-0.15, -0.1) is 0 Å². The lowest BCUT2D eigenvalue weighted by molar-refractivity contribution is 0.0254. The van der Waals surface area contributed by atoms with E-state index in [1.165, 1.54) is 25.9 Å². The second-order valence-electron chi connectivity index (χ2n) is 9.98. The van der Waals surface area contributed by atoms with E-state index in [1.807, 2.05) is 36.4 Å². The van der Waals surface area contributed by atoms with Gasteiger partial charge in [0.2, 0.25) is 0 Å². The second kappa shape index (κ2) is 11.3. The normalized spacial score (nSPS) is 16.5. The number of aromatic nitrogens is 2. The first-order chi connectivity index (χ1) is 18.8. The van der Waals surface area contributed by atoms with E-state index in [0.717, 1.165) is 58.6 Å². The summed E-state index contributed by atoms with van der Waals surface area (Å²) in [6.07, 6.45) is 6.15. The summed E-state index contributed by atoms with van der Waals surface area (Å²) >= 11 is 0. The van der Waals surface area contributed by atoms with E-state index < -0.39 is 0 Å². The van der Waals surface area contributed by atoms with E-state index >= 15 is 0 Å². The predicted molar refractivity (Wildman–Crippen MR) is 147 cm³/mol. The van der Waals surface area contributed by atoms with Gasteiger partial charge in [0.05, 0.1) is 24.5 Å². The van der Waals surface area contributed by atoms with Gasteiger partial charge in [-0.25, -0.2) is 0 Å². The molecule has 2 aromatic heterocycles. The van der Waals surface area contributed by atoms with Crippen LogP contribution in [0.15, 0.2) is 60.8 Å². The van der Waals surface area contributed by atoms with Gasteiger partial charge in [0.15, 0.2) is 0 Å². The highest BCUT2D eigenvalue weighted by Gasteiger charge is 2.18. The van der Waals surface area contributed by atoms with Gasteiger partial charge < -0.3 is 19.2 Å². The zero-order valence-corrected chi connectivity index (χ0v) is 21.5. The number of H-pyrrole nitrogens is 1. The third-order valence-corrected chi connectivity index (χ3v) is 7.42. The molecule has 2 aliphatic heterocycles. The van der Waals surface area contributed by atoms with Crippen molar-refractivity contribution >= 4 is 10.9 Å². The Balaban J connectivity index is 1.20. The summed E-state index contributed by atoms with van der Waals surface area (Å²) in [7, 11) is 0. The zero-order valence-electron chi connectivity index (χ0n) is 21.5. The average molecular weight is 509 g/mol. The smallest absolute Gasteiger partial charge is 0.137 e. The summed E-state index contributed by atoms with van der Waals surface area (Å²) in [5.41, 5.74) is 5.33. The van der Waals surface area contributed by atoms with Crippen LogP contribution in [0.25, 0.3) is 33.4 Å². The quantitative estimate of drug-likeness (QED) is 0.324. The SMILES string of the molecule is N#Cc1cc(-c2nccc3[nH]c(-c4ccc(OCCN5CCCC5)cc4)cc23)ccc1OC1CCOCC1.